The molecule has 0 bridgehead atoms. The van der Waals surface area contributed by atoms with E-state index >= 15 is 0 Å². The van der Waals surface area contributed by atoms with Crippen molar-refractivity contribution in [3.63, 3.8) is 0 Å². The molecule has 14 rings (SSSR count). The van der Waals surface area contributed by atoms with Crippen molar-refractivity contribution in [1.82, 2.24) is 0 Å². The molecule has 0 unspecified atom stereocenters. The Kier molecular flexibility index (Phi) is 39.9. The number of phenolic OH excluding ortho intramolecular Hbond substituents is 2. The van der Waals surface area contributed by atoms with Crippen molar-refractivity contribution < 1.29 is 84.6 Å². The van der Waals surface area contributed by atoms with Crippen LogP contribution in [0.3, 0.4) is 0 Å². The number of aryl methyl sites for hydroxylation is 1. The average molecular weight is 2010 g/mol. The van der Waals surface area contributed by atoms with Crippen LogP contribution in [0.4, 0.5) is 55.5 Å². The molecule has 0 aliphatic carbocycles. The summed E-state index contributed by atoms with van der Waals surface area (Å²) in [4.78, 5) is 33.5. The van der Waals surface area contributed by atoms with E-state index in [0.29, 0.717) is 83.4 Å². The van der Waals surface area contributed by atoms with Crippen LogP contribution in [0.2, 0.25) is 0 Å². The fraction of sp³-hybridized carbons (Fsp3) is 0.141. The Bertz CT molecular complexity index is 7120. The second-order valence-electron chi connectivity index (χ2n) is 29.1. The van der Waals surface area contributed by atoms with E-state index < -0.39 is 64.3 Å². The van der Waals surface area contributed by atoms with Crippen molar-refractivity contribution in [1.29, 1.82) is 0 Å². The van der Waals surface area contributed by atoms with Crippen molar-refractivity contribution in [3.05, 3.63) is 357 Å². The van der Waals surface area contributed by atoms with Gasteiger partial charge < -0.3 is 39.8 Å². The number of phenols is 2. The van der Waals surface area contributed by atoms with E-state index in [4.69, 9.17) is 18.9 Å². The summed E-state index contributed by atoms with van der Waals surface area (Å²) in [5.41, 5.74) is 11.7. The lowest BCUT2D eigenvalue weighted by atomic mass is 10.1. The Morgan fingerprint density at radius 3 is 1.21 bits per heavy atom. The summed E-state index contributed by atoms with van der Waals surface area (Å²) < 4.78 is 166. The maximum Gasteiger partial charge on any atom is 0.269 e. The highest BCUT2D eigenvalue weighted by Crippen LogP contribution is 2.32. The predicted octanol–water partition coefficient (Wildman–Crippen LogP) is 20.8. The van der Waals surface area contributed by atoms with Crippen LogP contribution < -0.4 is 39.0 Å². The summed E-state index contributed by atoms with van der Waals surface area (Å²) in [6.07, 6.45) is 12.6. The van der Waals surface area contributed by atoms with E-state index in [2.05, 4.69) is 64.1 Å². The van der Waals surface area contributed by atoms with Gasteiger partial charge in [-0.15, -0.1) is 22.7 Å². The number of rotatable bonds is 30. The Morgan fingerprint density at radius 2 is 0.810 bits per heavy atom. The topological polar surface area (TPSA) is 435 Å². The van der Waals surface area contributed by atoms with Crippen LogP contribution in [-0.2, 0) is 72.4 Å². The van der Waals surface area contributed by atoms with Crippen molar-refractivity contribution in [2.75, 3.05) is 80.6 Å². The van der Waals surface area contributed by atoms with Gasteiger partial charge in [-0.1, -0.05) is 62.9 Å². The fourth-order valence-electron chi connectivity index (χ4n) is 11.7. The van der Waals surface area contributed by atoms with Gasteiger partial charge in [-0.3, -0.25) is 44.5 Å². The first kappa shape index (κ1) is 108. The molecule has 12 aromatic carbocycles. The number of aromatic hydroxyl groups is 2. The second-order valence-corrected chi connectivity index (χ2v) is 42.5. The molecule has 30 nitrogen and oxygen atoms in total. The number of hydrogen-bond donors (Lipinski definition) is 6. The molecule has 0 saturated carbocycles. The van der Waals surface area contributed by atoms with Crippen LogP contribution >= 0.6 is 22.7 Å². The Hall–Kier alpha value is -14.5. The number of benzene rings is 12. The summed E-state index contributed by atoms with van der Waals surface area (Å²) in [6, 6.07) is 82.6. The number of nitro benzene ring substituents is 1. The highest BCUT2D eigenvalue weighted by atomic mass is 32.2. The minimum Gasteiger partial charge on any atom is -0.508 e. The van der Waals surface area contributed by atoms with Gasteiger partial charge in [0.15, 0.2) is 39.3 Å². The first-order chi connectivity index (χ1) is 64.6. The van der Waals surface area contributed by atoms with Crippen molar-refractivity contribution in [3.8, 4) is 34.5 Å². The van der Waals surface area contributed by atoms with Gasteiger partial charge in [-0.05, 0) is 271 Å². The number of nitrogens with one attached hydrogen (secondary N) is 4. The summed E-state index contributed by atoms with van der Waals surface area (Å²) in [6.45, 7) is 4.22. The molecule has 38 heteroatoms. The lowest BCUT2D eigenvalue weighted by Gasteiger charge is -2.09. The summed E-state index contributed by atoms with van der Waals surface area (Å²) in [5, 5.41) is 40.9. The van der Waals surface area contributed by atoms with Crippen LogP contribution in [0, 0.1) is 10.1 Å². The molecular formula is C99H102N10O20S8. The molecule has 0 aliphatic heterocycles. The molecule has 0 radical (unpaired) electrons. The third kappa shape index (κ3) is 34.7. The van der Waals surface area contributed by atoms with Crippen LogP contribution in [-0.4, -0.2) is 157 Å². The first-order valence-corrected chi connectivity index (χ1v) is 53.0. The van der Waals surface area contributed by atoms with E-state index in [1.165, 1.54) is 126 Å². The van der Waals surface area contributed by atoms with Crippen molar-refractivity contribution in [2.24, 2.45) is 25.0 Å². The molecule has 0 aliphatic rings. The lowest BCUT2D eigenvalue weighted by Crippen LogP contribution is -2.12. The van der Waals surface area contributed by atoms with Gasteiger partial charge >= 0.3 is 0 Å². The number of nitrogens with zero attached hydrogens (tertiary/aromatic N) is 6. The van der Waals surface area contributed by atoms with Gasteiger partial charge in [0, 0.05) is 122 Å². The van der Waals surface area contributed by atoms with Crippen LogP contribution in [0.5, 0.6) is 34.5 Å². The largest absolute Gasteiger partial charge is 0.508 e. The van der Waals surface area contributed by atoms with Crippen LogP contribution in [0.15, 0.2) is 362 Å². The molecule has 137 heavy (non-hydrogen) atoms. The smallest absolute Gasteiger partial charge is 0.269 e. The fourth-order valence-corrected chi connectivity index (χ4v) is 18.1. The van der Waals surface area contributed by atoms with Gasteiger partial charge in [0.1, 0.15) is 44.5 Å². The third-order valence-electron chi connectivity index (χ3n) is 19.1. The first-order valence-electron chi connectivity index (χ1n) is 40.7. The number of ether oxygens (including phenoxy) is 4. The molecular weight excluding hydrogens is 1910 g/mol. The monoisotopic (exact) mass is 2010 g/mol. The summed E-state index contributed by atoms with van der Waals surface area (Å²) >= 11 is 2.61. The minimum absolute atomic E-state index is 0. The summed E-state index contributed by atoms with van der Waals surface area (Å²) in [7, 11) is -11.8. The zero-order chi connectivity index (χ0) is 98.8. The maximum atomic E-state index is 12.3. The summed E-state index contributed by atoms with van der Waals surface area (Å²) in [5.74, 6) is 2.62. The molecule has 0 saturated heterocycles. The Labute approximate surface area is 807 Å². The number of aliphatic imine (C=N–C) groups is 5. The molecule has 2 aromatic heterocycles. The average Bonchev–Trinajstić information content (AvgIpc) is 1.80. The van der Waals surface area contributed by atoms with Crippen LogP contribution in [0.25, 0.3) is 0 Å². The standard InChI is InChI=1S/C18H16N2O4S2.C17H15N3O4S2.2C16H17NO4S.C16H17NO2S.C15H16N2O2S.CH4/c1-12(16-9-6-14(21)11-17(16)22)19-13-4-7-15(8-5-13)26(23,24)20-18-3-2-10-25-18;21-20(22)15-4-1-3-13(11-15)12-18-14-6-8-16(9-7-14)26(23,24)19-17-5-2-10-25-17;1-20-14-6-9-16(21-2)12(10-14)11-17-13-4-7-15(8-5-13)22(3,18)19;1-20-14-7-4-12(16(10-14)21-2)11-17-13-5-8-15(9-6-13)22(3,18)19;1-3-13-4-6-14(7-5-13)12-17-15-8-10-16(11-9-15)20(2,18)19;1-16-13-5-3-12(4-6-13)11-17-14-7-9-15(10-8-14)20(2,18)19;/h2-11,20-22H,1H3;1-11,18-19H,12H2;2*4-11H,1-3H3;4-12H,3H2,1-2H3;3-11,16H,1-2H3;1H4. The van der Waals surface area contributed by atoms with Gasteiger partial charge in [0.05, 0.1) is 91.2 Å². The molecule has 0 spiro atoms. The number of sulfonamides is 2. The molecule has 14 aromatic rings. The van der Waals surface area contributed by atoms with Gasteiger partial charge in [0.2, 0.25) is 0 Å². The third-order valence-corrected chi connectivity index (χ3v) is 28.2. The van der Waals surface area contributed by atoms with Gasteiger partial charge in [-0.2, -0.15) is 0 Å². The number of non-ortho nitro benzene ring substituents is 1. The van der Waals surface area contributed by atoms with Gasteiger partial charge in [-0.25, -0.2) is 50.5 Å². The molecule has 0 fully saturated rings. The molecule has 2 heterocycles. The molecule has 716 valence electrons. The van der Waals surface area contributed by atoms with Crippen molar-refractivity contribution in [2.45, 2.75) is 63.6 Å². The van der Waals surface area contributed by atoms with Gasteiger partial charge in [0.25, 0.3) is 25.7 Å². The number of nitro groups is 1. The molecule has 0 atom stereocenters. The van der Waals surface area contributed by atoms with Crippen molar-refractivity contribution >= 4 is 168 Å². The zero-order valence-electron chi connectivity index (χ0n) is 75.4. The Balaban J connectivity index is 0.000000202. The maximum absolute atomic E-state index is 12.3. The SMILES string of the molecule is C.CC(=Nc1ccc(S(=O)(=O)Nc2cccs2)cc1)c1ccc(O)cc1O.CCc1ccc(C=Nc2ccc(S(C)(=O)=O)cc2)cc1.CNc1ccc(C=Nc2ccc(S(C)(=O)=O)cc2)cc1.COc1ccc(C=Nc2ccc(S(C)(=O)=O)cc2)c(OC)c1.COc1ccc(OC)c(C=Nc2ccc(S(C)(=O)=O)cc2)c1.O=[N+]([O-])c1cccc(CNc2ccc(S(=O)(=O)Nc3cccs3)cc2)c1. The number of hydrogen-bond acceptors (Lipinski definition) is 29. The number of methoxy groups -OCH3 is 4. The quantitative estimate of drug-likeness (QED) is 0.0138. The van der Waals surface area contributed by atoms with E-state index in [1.54, 1.807) is 229 Å². The van der Waals surface area contributed by atoms with Crippen LogP contribution in [0.1, 0.15) is 60.2 Å². The highest BCUT2D eigenvalue weighted by molar-refractivity contribution is 7.93. The van der Waals surface area contributed by atoms with E-state index in [9.17, 15) is 70.8 Å². The highest BCUT2D eigenvalue weighted by Gasteiger charge is 2.19. The Morgan fingerprint density at radius 1 is 0.409 bits per heavy atom. The van der Waals surface area contributed by atoms with E-state index in [-0.39, 0.29) is 44.2 Å². The molecule has 0 amide bonds. The second kappa shape index (κ2) is 50.7. The van der Waals surface area contributed by atoms with E-state index in [0.717, 1.165) is 51.3 Å². The zero-order valence-corrected chi connectivity index (χ0v) is 81.9. The molecule has 6 N–H and O–H groups in total. The van der Waals surface area contributed by atoms with E-state index in [1.807, 2.05) is 61.6 Å². The number of sulfone groups is 4. The lowest BCUT2D eigenvalue weighted by molar-refractivity contribution is -0.384. The normalized spacial score (nSPS) is 11.6. The minimum atomic E-state index is -3.65. The number of thiophene rings is 2. The predicted molar refractivity (Wildman–Crippen MR) is 550 cm³/mol. The number of anilines is 4.